The van der Waals surface area contributed by atoms with Gasteiger partial charge >= 0.3 is 5.63 Å². The summed E-state index contributed by atoms with van der Waals surface area (Å²) in [6.45, 7) is 0.749. The van der Waals surface area contributed by atoms with Crippen LogP contribution in [0, 0.1) is 0 Å². The summed E-state index contributed by atoms with van der Waals surface area (Å²) < 4.78 is 22.7. The number of hydrogen-bond donors (Lipinski definition) is 0. The van der Waals surface area contributed by atoms with Crippen molar-refractivity contribution in [2.24, 2.45) is 0 Å². The molecule has 3 aromatic carbocycles. The molecule has 1 atom stereocenters. The van der Waals surface area contributed by atoms with Gasteiger partial charge in [-0.15, -0.1) is 0 Å². The monoisotopic (exact) mass is 513 g/mol. The molecule has 38 heavy (non-hydrogen) atoms. The second-order valence-corrected chi connectivity index (χ2v) is 9.33. The molecule has 0 saturated heterocycles. The Bertz CT molecular complexity index is 1480. The maximum atomic E-state index is 13.5. The fourth-order valence-electron chi connectivity index (χ4n) is 5.11. The van der Waals surface area contributed by atoms with Gasteiger partial charge in [0.05, 0.1) is 31.7 Å². The number of para-hydroxylation sites is 1. The second kappa shape index (κ2) is 11.4. The Morgan fingerprint density at radius 3 is 2.47 bits per heavy atom. The van der Waals surface area contributed by atoms with Crippen LogP contribution in [0.5, 0.6) is 17.2 Å². The summed E-state index contributed by atoms with van der Waals surface area (Å²) >= 11 is 0. The molecule has 2 heterocycles. The van der Waals surface area contributed by atoms with Crippen molar-refractivity contribution in [2.45, 2.75) is 31.7 Å². The summed E-state index contributed by atoms with van der Waals surface area (Å²) in [5, 5.41) is 0.705. The Morgan fingerprint density at radius 1 is 0.947 bits per heavy atom. The summed E-state index contributed by atoms with van der Waals surface area (Å²) in [6, 6.07) is 22.4. The van der Waals surface area contributed by atoms with Crippen LogP contribution in [0.25, 0.3) is 11.0 Å². The first-order chi connectivity index (χ1) is 18.6. The smallest absolute Gasteiger partial charge is 0.339 e. The molecule has 0 aliphatic carbocycles. The van der Waals surface area contributed by atoms with Crippen molar-refractivity contribution < 1.29 is 23.4 Å². The molecule has 1 aliphatic heterocycles. The largest absolute Gasteiger partial charge is 0.493 e. The van der Waals surface area contributed by atoms with Gasteiger partial charge in [0.2, 0.25) is 5.91 Å². The maximum Gasteiger partial charge on any atom is 0.339 e. The molecule has 1 aromatic heterocycles. The molecule has 0 spiro atoms. The lowest BCUT2D eigenvalue weighted by molar-refractivity contribution is -0.135. The molecule has 0 N–H and O–H groups in total. The quantitative estimate of drug-likeness (QED) is 0.281. The van der Waals surface area contributed by atoms with Crippen molar-refractivity contribution in [3.05, 3.63) is 99.9 Å². The van der Waals surface area contributed by atoms with E-state index >= 15 is 0 Å². The SMILES string of the molecule is COc1cc2c(cc1OC)C(COc1cc(=O)oc3ccccc13)N(C(=O)CCCc1ccccc1)CC2. The van der Waals surface area contributed by atoms with Crippen molar-refractivity contribution in [2.75, 3.05) is 27.4 Å². The van der Waals surface area contributed by atoms with Crippen LogP contribution in [-0.2, 0) is 17.6 Å². The fourth-order valence-corrected chi connectivity index (χ4v) is 5.11. The summed E-state index contributed by atoms with van der Waals surface area (Å²) in [6.07, 6.45) is 2.74. The molecular weight excluding hydrogens is 482 g/mol. The standard InChI is InChI=1S/C31H31NO6/c1-35-28-17-22-15-16-32(30(33)14-8-11-21-9-4-3-5-10-21)25(24(22)18-29(28)36-2)20-37-27-19-31(34)38-26-13-7-6-12-23(26)27/h3-7,9-10,12-13,17-19,25H,8,11,14-16,20H2,1-2H3. The van der Waals surface area contributed by atoms with E-state index in [0.717, 1.165) is 24.0 Å². The maximum absolute atomic E-state index is 13.5. The van der Waals surface area contributed by atoms with Gasteiger partial charge in [0.15, 0.2) is 11.5 Å². The van der Waals surface area contributed by atoms with Crippen LogP contribution in [0.1, 0.15) is 35.6 Å². The molecule has 1 aliphatic rings. The van der Waals surface area contributed by atoms with Crippen molar-refractivity contribution >= 4 is 16.9 Å². The minimum Gasteiger partial charge on any atom is -0.493 e. The van der Waals surface area contributed by atoms with E-state index in [9.17, 15) is 9.59 Å². The van der Waals surface area contributed by atoms with E-state index in [0.29, 0.717) is 47.6 Å². The van der Waals surface area contributed by atoms with Gasteiger partial charge in [-0.2, -0.15) is 0 Å². The lowest BCUT2D eigenvalue weighted by Gasteiger charge is -2.37. The topological polar surface area (TPSA) is 78.2 Å². The van der Waals surface area contributed by atoms with Gasteiger partial charge in [0, 0.05) is 13.0 Å². The van der Waals surface area contributed by atoms with Gasteiger partial charge in [0.25, 0.3) is 0 Å². The number of nitrogens with zero attached hydrogens (tertiary/aromatic N) is 1. The number of methoxy groups -OCH3 is 2. The van der Waals surface area contributed by atoms with Crippen molar-refractivity contribution in [3.63, 3.8) is 0 Å². The van der Waals surface area contributed by atoms with Crippen molar-refractivity contribution in [1.29, 1.82) is 0 Å². The highest BCUT2D eigenvalue weighted by Crippen LogP contribution is 2.39. The molecule has 7 nitrogen and oxygen atoms in total. The lowest BCUT2D eigenvalue weighted by Crippen LogP contribution is -2.42. The van der Waals surface area contributed by atoms with Crippen LogP contribution >= 0.6 is 0 Å². The fraction of sp³-hybridized carbons (Fsp3) is 0.290. The summed E-state index contributed by atoms with van der Waals surface area (Å²) in [4.78, 5) is 27.6. The van der Waals surface area contributed by atoms with E-state index in [1.807, 2.05) is 53.4 Å². The third-order valence-corrected chi connectivity index (χ3v) is 7.03. The van der Waals surface area contributed by atoms with Crippen LogP contribution in [0.4, 0.5) is 0 Å². The number of fused-ring (bicyclic) bond motifs is 2. The molecule has 5 rings (SSSR count). The van der Waals surface area contributed by atoms with E-state index in [1.54, 1.807) is 20.3 Å². The Hall–Kier alpha value is -4.26. The first kappa shape index (κ1) is 25.4. The number of hydrogen-bond acceptors (Lipinski definition) is 6. The zero-order valence-corrected chi connectivity index (χ0v) is 21.6. The predicted molar refractivity (Wildman–Crippen MR) is 145 cm³/mol. The molecule has 1 unspecified atom stereocenters. The lowest BCUT2D eigenvalue weighted by atomic mass is 9.91. The average Bonchev–Trinajstić information content (AvgIpc) is 2.95. The predicted octanol–water partition coefficient (Wildman–Crippen LogP) is 5.34. The molecule has 1 amide bonds. The number of benzene rings is 3. The molecule has 0 bridgehead atoms. The van der Waals surface area contributed by atoms with Crippen LogP contribution in [-0.4, -0.2) is 38.2 Å². The van der Waals surface area contributed by atoms with Gasteiger partial charge in [-0.05, 0) is 60.2 Å². The van der Waals surface area contributed by atoms with Crippen LogP contribution in [0.2, 0.25) is 0 Å². The molecule has 0 radical (unpaired) electrons. The van der Waals surface area contributed by atoms with E-state index in [2.05, 4.69) is 12.1 Å². The summed E-state index contributed by atoms with van der Waals surface area (Å²) in [5.74, 6) is 1.76. The molecule has 7 heteroatoms. The van der Waals surface area contributed by atoms with Gasteiger partial charge < -0.3 is 23.5 Å². The highest BCUT2D eigenvalue weighted by molar-refractivity contribution is 5.83. The number of ether oxygens (including phenoxy) is 3. The highest BCUT2D eigenvalue weighted by Gasteiger charge is 2.32. The number of amides is 1. The first-order valence-corrected chi connectivity index (χ1v) is 12.8. The van der Waals surface area contributed by atoms with Gasteiger partial charge in [-0.3, -0.25) is 4.79 Å². The Kier molecular flexibility index (Phi) is 7.63. The van der Waals surface area contributed by atoms with Crippen LogP contribution in [0.3, 0.4) is 0 Å². The number of rotatable bonds is 9. The molecule has 0 fully saturated rings. The van der Waals surface area contributed by atoms with Crippen LogP contribution < -0.4 is 19.8 Å². The summed E-state index contributed by atoms with van der Waals surface area (Å²) in [7, 11) is 3.21. The molecular formula is C31H31NO6. The van der Waals surface area contributed by atoms with Crippen LogP contribution in [0.15, 0.2) is 82.0 Å². The van der Waals surface area contributed by atoms with E-state index < -0.39 is 5.63 Å². The normalized spacial score (nSPS) is 14.7. The van der Waals surface area contributed by atoms with Crippen molar-refractivity contribution in [1.82, 2.24) is 4.90 Å². The third-order valence-electron chi connectivity index (χ3n) is 7.03. The Labute approximate surface area is 221 Å². The minimum atomic E-state index is -0.483. The zero-order valence-electron chi connectivity index (χ0n) is 21.6. The highest BCUT2D eigenvalue weighted by atomic mass is 16.5. The van der Waals surface area contributed by atoms with Gasteiger partial charge in [-0.1, -0.05) is 42.5 Å². The molecule has 196 valence electrons. The average molecular weight is 514 g/mol. The Morgan fingerprint density at radius 2 is 1.68 bits per heavy atom. The zero-order chi connectivity index (χ0) is 26.5. The number of carbonyl (C=O) groups is 1. The minimum absolute atomic E-state index is 0.0763. The van der Waals surface area contributed by atoms with E-state index in [1.165, 1.54) is 11.6 Å². The van der Waals surface area contributed by atoms with Gasteiger partial charge in [0.1, 0.15) is 17.9 Å². The van der Waals surface area contributed by atoms with Crippen molar-refractivity contribution in [3.8, 4) is 17.2 Å². The van der Waals surface area contributed by atoms with E-state index in [4.69, 9.17) is 18.6 Å². The van der Waals surface area contributed by atoms with Gasteiger partial charge in [-0.25, -0.2) is 4.79 Å². The summed E-state index contributed by atoms with van der Waals surface area (Å²) in [5.41, 5.74) is 3.23. The third kappa shape index (κ3) is 5.37. The number of carbonyl (C=O) groups excluding carboxylic acids is 1. The van der Waals surface area contributed by atoms with E-state index in [-0.39, 0.29) is 18.6 Å². The molecule has 4 aromatic rings. The number of aryl methyl sites for hydroxylation is 1. The first-order valence-electron chi connectivity index (χ1n) is 12.8. The second-order valence-electron chi connectivity index (χ2n) is 9.33. The molecule has 0 saturated carbocycles. The Balaban J connectivity index is 1.42.